The smallest absolute Gasteiger partial charge is 0.315 e. The highest BCUT2D eigenvalue weighted by Crippen LogP contribution is 2.71. The number of allylic oxidation sites excluding steroid dienone is 4. The van der Waals surface area contributed by atoms with E-state index in [1.165, 1.54) is 26.2 Å². The van der Waals surface area contributed by atoms with Gasteiger partial charge in [0.2, 0.25) is 0 Å². The summed E-state index contributed by atoms with van der Waals surface area (Å²) >= 11 is 1.08. The number of carbonyl (C=O) groups is 4. The average molecular weight is 523 g/mol. The van der Waals surface area contributed by atoms with Gasteiger partial charge in [-0.3, -0.25) is 19.2 Å². The van der Waals surface area contributed by atoms with E-state index in [2.05, 4.69) is 4.74 Å². The van der Waals surface area contributed by atoms with Crippen LogP contribution in [0.4, 0.5) is 4.39 Å². The number of hydrogen-bond acceptors (Lipinski definition) is 8. The van der Waals surface area contributed by atoms with Crippen LogP contribution in [0.3, 0.4) is 0 Å². The Balaban J connectivity index is 1.75. The summed E-state index contributed by atoms with van der Waals surface area (Å²) in [6.07, 6.45) is 4.33. The molecular formula is C27H35FO7S. The van der Waals surface area contributed by atoms with Gasteiger partial charge in [-0.15, -0.1) is 11.8 Å². The summed E-state index contributed by atoms with van der Waals surface area (Å²) in [4.78, 5) is 49.8. The third kappa shape index (κ3) is 3.56. The Morgan fingerprint density at radius 2 is 1.92 bits per heavy atom. The normalized spacial score (nSPS) is 43.1. The minimum absolute atomic E-state index is 0.0235. The van der Waals surface area contributed by atoms with Gasteiger partial charge in [-0.05, 0) is 50.7 Å². The van der Waals surface area contributed by atoms with Gasteiger partial charge in [-0.2, -0.15) is 0 Å². The van der Waals surface area contributed by atoms with E-state index in [0.29, 0.717) is 24.8 Å². The fraction of sp³-hybridized carbons (Fsp3) is 0.704. The number of thioether (sulfide) groups is 1. The maximum Gasteiger partial charge on any atom is 0.315 e. The lowest BCUT2D eigenvalue weighted by Crippen LogP contribution is -2.70. The number of fused-ring (bicyclic) bond motifs is 5. The molecule has 0 aromatic rings. The van der Waals surface area contributed by atoms with Crippen molar-refractivity contribution < 1.29 is 38.1 Å². The van der Waals surface area contributed by atoms with Crippen molar-refractivity contribution in [3.8, 4) is 0 Å². The Bertz CT molecular complexity index is 1050. The molecule has 0 heterocycles. The number of ketones is 2. The van der Waals surface area contributed by atoms with Crippen LogP contribution in [-0.4, -0.2) is 64.6 Å². The van der Waals surface area contributed by atoms with E-state index in [4.69, 9.17) is 4.74 Å². The molecule has 3 saturated carbocycles. The van der Waals surface area contributed by atoms with Crippen molar-refractivity contribution in [2.75, 3.05) is 18.6 Å². The number of methoxy groups -OCH3 is 1. The van der Waals surface area contributed by atoms with Crippen LogP contribution < -0.4 is 0 Å². The van der Waals surface area contributed by atoms with Gasteiger partial charge in [0.1, 0.15) is 0 Å². The predicted molar refractivity (Wildman–Crippen MR) is 132 cm³/mol. The molecular weight excluding hydrogens is 487 g/mol. The van der Waals surface area contributed by atoms with Crippen molar-refractivity contribution >= 4 is 35.3 Å². The molecule has 4 aliphatic rings. The second kappa shape index (κ2) is 9.08. The predicted octanol–water partition coefficient (Wildman–Crippen LogP) is 3.38. The van der Waals surface area contributed by atoms with Crippen LogP contribution in [0.15, 0.2) is 23.8 Å². The van der Waals surface area contributed by atoms with Crippen molar-refractivity contribution in [1.29, 1.82) is 0 Å². The molecule has 0 radical (unpaired) electrons. The van der Waals surface area contributed by atoms with Gasteiger partial charge in [0.05, 0.1) is 24.7 Å². The summed E-state index contributed by atoms with van der Waals surface area (Å²) in [5, 5.41) is 11.5. The number of esters is 2. The molecule has 198 valence electrons. The van der Waals surface area contributed by atoms with E-state index in [9.17, 15) is 24.3 Å². The topological polar surface area (TPSA) is 107 Å². The summed E-state index contributed by atoms with van der Waals surface area (Å²) in [5.41, 5.74) is -5.05. The molecule has 0 unspecified atom stereocenters. The maximum absolute atomic E-state index is 17.3. The summed E-state index contributed by atoms with van der Waals surface area (Å²) in [6.45, 7) is 6.67. The average Bonchev–Trinajstić information content (AvgIpc) is 3.02. The highest BCUT2D eigenvalue weighted by molar-refractivity contribution is 8.00. The first-order valence-electron chi connectivity index (χ1n) is 12.5. The Hall–Kier alpha value is -2.00. The number of ether oxygens (including phenoxy) is 2. The number of alkyl halides is 1. The molecule has 8 atom stereocenters. The molecule has 0 aliphatic heterocycles. The summed E-state index contributed by atoms with van der Waals surface area (Å²) in [5.74, 6) is -3.04. The van der Waals surface area contributed by atoms with E-state index >= 15 is 4.39 Å². The quantitative estimate of drug-likeness (QED) is 0.529. The third-order valence-electron chi connectivity index (χ3n) is 9.58. The van der Waals surface area contributed by atoms with E-state index in [1.54, 1.807) is 13.0 Å². The molecule has 0 aromatic heterocycles. The number of carbonyl (C=O) groups excluding carboxylic acids is 4. The molecule has 0 saturated heterocycles. The molecule has 1 N–H and O–H groups in total. The van der Waals surface area contributed by atoms with Gasteiger partial charge >= 0.3 is 11.9 Å². The van der Waals surface area contributed by atoms with Gasteiger partial charge in [-0.1, -0.05) is 25.5 Å². The molecule has 9 heteroatoms. The lowest BCUT2D eigenvalue weighted by Gasteiger charge is -2.62. The Morgan fingerprint density at radius 1 is 1.22 bits per heavy atom. The molecule has 0 spiro atoms. The minimum atomic E-state index is -2.03. The van der Waals surface area contributed by atoms with Crippen LogP contribution in [0.1, 0.15) is 53.4 Å². The third-order valence-corrected chi connectivity index (χ3v) is 10.5. The van der Waals surface area contributed by atoms with Crippen LogP contribution in [0, 0.1) is 28.6 Å². The number of halogens is 1. The van der Waals surface area contributed by atoms with Crippen molar-refractivity contribution in [3.05, 3.63) is 23.8 Å². The number of aliphatic hydroxyl groups is 1. The first kappa shape index (κ1) is 27.0. The van der Waals surface area contributed by atoms with Gasteiger partial charge in [0.25, 0.3) is 0 Å². The van der Waals surface area contributed by atoms with Crippen molar-refractivity contribution in [2.45, 2.75) is 70.8 Å². The fourth-order valence-corrected chi connectivity index (χ4v) is 8.81. The highest BCUT2D eigenvalue weighted by Gasteiger charge is 2.77. The number of aliphatic hydroxyl groups excluding tert-OH is 1. The van der Waals surface area contributed by atoms with Crippen LogP contribution >= 0.6 is 11.8 Å². The first-order valence-corrected chi connectivity index (χ1v) is 13.6. The van der Waals surface area contributed by atoms with Crippen molar-refractivity contribution in [1.82, 2.24) is 0 Å². The maximum atomic E-state index is 17.3. The molecule has 0 bridgehead atoms. The Kier molecular flexibility index (Phi) is 6.82. The van der Waals surface area contributed by atoms with E-state index in [-0.39, 0.29) is 35.4 Å². The van der Waals surface area contributed by atoms with Crippen LogP contribution in [-0.2, 0) is 28.7 Å². The number of Topliss-reactive ketones (excluding diaryl/α,β-unsaturated/α-hetero) is 1. The fourth-order valence-electron chi connectivity index (χ4n) is 8.02. The zero-order chi connectivity index (χ0) is 26.7. The molecule has 3 fully saturated rings. The van der Waals surface area contributed by atoms with E-state index in [1.807, 2.05) is 13.8 Å². The van der Waals surface area contributed by atoms with Crippen molar-refractivity contribution in [3.63, 3.8) is 0 Å². The zero-order valence-electron chi connectivity index (χ0n) is 21.5. The molecule has 4 rings (SSSR count). The summed E-state index contributed by atoms with van der Waals surface area (Å²) in [7, 11) is 1.27. The Morgan fingerprint density at radius 3 is 2.56 bits per heavy atom. The minimum Gasteiger partial charge on any atom is -0.468 e. The number of rotatable bonds is 6. The molecule has 36 heavy (non-hydrogen) atoms. The lowest BCUT2D eigenvalue weighted by atomic mass is 9.44. The highest BCUT2D eigenvalue weighted by atomic mass is 32.2. The van der Waals surface area contributed by atoms with Gasteiger partial charge < -0.3 is 14.6 Å². The van der Waals surface area contributed by atoms with Crippen LogP contribution in [0.5, 0.6) is 0 Å². The number of hydrogen-bond donors (Lipinski definition) is 1. The second-order valence-corrected chi connectivity index (χ2v) is 12.2. The van der Waals surface area contributed by atoms with E-state index < -0.39 is 52.0 Å². The largest absolute Gasteiger partial charge is 0.468 e. The monoisotopic (exact) mass is 522 g/mol. The molecule has 0 aromatic carbocycles. The lowest BCUT2D eigenvalue weighted by molar-refractivity contribution is -0.226. The van der Waals surface area contributed by atoms with Gasteiger partial charge in [0, 0.05) is 29.6 Å². The standard InChI is InChI=1S/C27H35FO7S/c1-15-10-20-19-7-6-17-11-18(30)8-9-24(17,3)26(19,28)21(31)12-25(20,4)27(15,35-16(2)29)22(32)13-36-14-23(33)34-5/h8-9,11,15,19-21,31H,6-7,10,12-14H2,1-5H3/t15-,19-,20-,21-,24-,25-,26-,27-/m0/s1. The zero-order valence-corrected chi connectivity index (χ0v) is 22.3. The second-order valence-electron chi connectivity index (χ2n) is 11.2. The van der Waals surface area contributed by atoms with Crippen LogP contribution in [0.25, 0.3) is 0 Å². The summed E-state index contributed by atoms with van der Waals surface area (Å²) in [6, 6.07) is 0. The van der Waals surface area contributed by atoms with Crippen molar-refractivity contribution in [2.24, 2.45) is 28.6 Å². The van der Waals surface area contributed by atoms with Gasteiger partial charge in [0.15, 0.2) is 22.8 Å². The summed E-state index contributed by atoms with van der Waals surface area (Å²) < 4.78 is 27.9. The molecule has 7 nitrogen and oxygen atoms in total. The van der Waals surface area contributed by atoms with E-state index in [0.717, 1.165) is 11.8 Å². The SMILES string of the molecule is COC(=O)CSCC(=O)[C@@]1(OC(C)=O)[C@@H](C)C[C@H]2[C@@H]3CCC4=CC(=O)C=C[C@]4(C)[C@@]3(F)[C@@H](O)C[C@@]21C. The molecule has 4 aliphatic carbocycles. The van der Waals surface area contributed by atoms with Gasteiger partial charge in [-0.25, -0.2) is 4.39 Å². The molecule has 0 amide bonds. The van der Waals surface area contributed by atoms with Crippen LogP contribution in [0.2, 0.25) is 0 Å². The first-order chi connectivity index (χ1) is 16.8. The Labute approximate surface area is 215 Å².